The quantitative estimate of drug-likeness (QED) is 0.729. The zero-order chi connectivity index (χ0) is 16.4. The van der Waals surface area contributed by atoms with E-state index in [0.717, 1.165) is 31.2 Å². The minimum atomic E-state index is -0.550. The summed E-state index contributed by atoms with van der Waals surface area (Å²) in [5, 5.41) is 2.99. The molecule has 2 amide bonds. The summed E-state index contributed by atoms with van der Waals surface area (Å²) in [4.78, 5) is 27.4. The van der Waals surface area contributed by atoms with Gasteiger partial charge in [0.2, 0.25) is 5.91 Å². The van der Waals surface area contributed by atoms with Crippen molar-refractivity contribution in [1.82, 2.24) is 10.3 Å². The number of nitrogens with zero attached hydrogens (tertiary/aromatic N) is 1. The van der Waals surface area contributed by atoms with Gasteiger partial charge < -0.3 is 16.8 Å². The van der Waals surface area contributed by atoms with E-state index in [1.165, 1.54) is 6.42 Å². The number of hydrogen-bond donors (Lipinski definition) is 3. The average Bonchev–Trinajstić information content (AvgIpc) is 2.52. The molecule has 8 heteroatoms. The molecule has 2 unspecified atom stereocenters. The van der Waals surface area contributed by atoms with Gasteiger partial charge in [0.1, 0.15) is 5.69 Å². The Morgan fingerprint density at radius 1 is 1.16 bits per heavy atom. The number of rotatable bonds is 4. The van der Waals surface area contributed by atoms with E-state index in [-0.39, 0.29) is 48.4 Å². The van der Waals surface area contributed by atoms with E-state index in [2.05, 4.69) is 10.3 Å². The number of pyridine rings is 1. The molecule has 0 aliphatic heterocycles. The highest BCUT2D eigenvalue weighted by atomic mass is 35.5. The van der Waals surface area contributed by atoms with Crippen LogP contribution in [0.2, 0.25) is 0 Å². The van der Waals surface area contributed by atoms with E-state index in [4.69, 9.17) is 11.5 Å². The van der Waals surface area contributed by atoms with Gasteiger partial charge in [-0.1, -0.05) is 12.5 Å². The van der Waals surface area contributed by atoms with Crippen molar-refractivity contribution in [2.24, 2.45) is 29.2 Å². The molecule has 2 aliphatic carbocycles. The van der Waals surface area contributed by atoms with E-state index in [9.17, 15) is 9.59 Å². The van der Waals surface area contributed by atoms with Gasteiger partial charge in [0.15, 0.2) is 0 Å². The van der Waals surface area contributed by atoms with E-state index < -0.39 is 5.91 Å². The number of primary amides is 1. The first-order chi connectivity index (χ1) is 11.0. The summed E-state index contributed by atoms with van der Waals surface area (Å²) < 4.78 is 0. The SMILES string of the molecule is Cl.Cl.NC(=O)c1ccc(CNC(=O)C2CC3CCCC(C2)C3N)cn1. The molecule has 0 radical (unpaired) electrons. The first kappa shape index (κ1) is 21.7. The Hall–Kier alpha value is -1.37. The van der Waals surface area contributed by atoms with Gasteiger partial charge in [-0.25, -0.2) is 0 Å². The van der Waals surface area contributed by atoms with Crippen molar-refractivity contribution in [3.8, 4) is 0 Å². The number of fused-ring (bicyclic) bond motifs is 2. The van der Waals surface area contributed by atoms with Crippen LogP contribution in [0.5, 0.6) is 0 Å². The lowest BCUT2D eigenvalue weighted by atomic mass is 9.65. The maximum atomic E-state index is 12.4. The standard InChI is InChI=1S/C17H24N4O2.2ClH/c18-15-11-2-1-3-12(15)7-13(6-11)17(23)21-9-10-4-5-14(16(19)22)20-8-10;;/h4-5,8,11-13,15H,1-3,6-7,9,18H2,(H2,19,22)(H,21,23);2*1H. The van der Waals surface area contributed by atoms with Gasteiger partial charge >= 0.3 is 0 Å². The highest BCUT2D eigenvalue weighted by Crippen LogP contribution is 2.41. The lowest BCUT2D eigenvalue weighted by molar-refractivity contribution is -0.128. The summed E-state index contributed by atoms with van der Waals surface area (Å²) in [5.41, 5.74) is 12.5. The molecule has 2 saturated carbocycles. The van der Waals surface area contributed by atoms with Crippen molar-refractivity contribution in [2.75, 3.05) is 0 Å². The molecule has 2 atom stereocenters. The largest absolute Gasteiger partial charge is 0.364 e. The minimum Gasteiger partial charge on any atom is -0.364 e. The summed E-state index contributed by atoms with van der Waals surface area (Å²) in [6.45, 7) is 0.419. The third-order valence-electron chi connectivity index (χ3n) is 5.33. The second kappa shape index (κ2) is 9.36. The zero-order valence-corrected chi connectivity index (χ0v) is 15.7. The highest BCUT2D eigenvalue weighted by molar-refractivity contribution is 5.90. The molecule has 0 aromatic carbocycles. The number of halogens is 2. The molecule has 6 nitrogen and oxygen atoms in total. The molecule has 1 aromatic rings. The molecule has 2 fully saturated rings. The van der Waals surface area contributed by atoms with Crippen LogP contribution in [0.1, 0.15) is 48.2 Å². The van der Waals surface area contributed by atoms with Crippen LogP contribution in [0, 0.1) is 17.8 Å². The molecule has 2 bridgehead atoms. The molecule has 140 valence electrons. The van der Waals surface area contributed by atoms with Crippen LogP contribution in [-0.4, -0.2) is 22.8 Å². The second-order valence-corrected chi connectivity index (χ2v) is 6.83. The van der Waals surface area contributed by atoms with Gasteiger partial charge in [0.25, 0.3) is 5.91 Å². The number of nitrogens with one attached hydrogen (secondary N) is 1. The third kappa shape index (κ3) is 5.06. The Labute approximate surface area is 160 Å². The summed E-state index contributed by atoms with van der Waals surface area (Å²) in [5.74, 6) is 0.617. The Morgan fingerprint density at radius 2 is 1.80 bits per heavy atom. The third-order valence-corrected chi connectivity index (χ3v) is 5.33. The monoisotopic (exact) mass is 388 g/mol. The Morgan fingerprint density at radius 3 is 2.32 bits per heavy atom. The lowest BCUT2D eigenvalue weighted by Crippen LogP contribution is -2.49. The number of aromatic nitrogens is 1. The smallest absolute Gasteiger partial charge is 0.267 e. The summed E-state index contributed by atoms with van der Waals surface area (Å²) >= 11 is 0. The maximum absolute atomic E-state index is 12.4. The fourth-order valence-electron chi connectivity index (χ4n) is 4.01. The number of nitrogens with two attached hydrogens (primary N) is 2. The molecular formula is C17H26Cl2N4O2. The van der Waals surface area contributed by atoms with Crippen molar-refractivity contribution in [3.05, 3.63) is 29.6 Å². The minimum absolute atomic E-state index is 0. The van der Waals surface area contributed by atoms with Gasteiger partial charge in [-0.05, 0) is 49.1 Å². The molecule has 0 saturated heterocycles. The lowest BCUT2D eigenvalue weighted by Gasteiger charge is -2.43. The number of carbonyl (C=O) groups is 2. The highest BCUT2D eigenvalue weighted by Gasteiger charge is 2.40. The average molecular weight is 389 g/mol. The molecule has 3 rings (SSSR count). The van der Waals surface area contributed by atoms with Gasteiger partial charge in [-0.2, -0.15) is 0 Å². The molecule has 5 N–H and O–H groups in total. The summed E-state index contributed by atoms with van der Waals surface area (Å²) in [6.07, 6.45) is 6.94. The molecule has 1 heterocycles. The van der Waals surface area contributed by atoms with Gasteiger partial charge in [0, 0.05) is 24.7 Å². The van der Waals surface area contributed by atoms with Crippen LogP contribution >= 0.6 is 24.8 Å². The van der Waals surface area contributed by atoms with Crippen LogP contribution in [0.3, 0.4) is 0 Å². The van der Waals surface area contributed by atoms with Crippen molar-refractivity contribution in [2.45, 2.75) is 44.7 Å². The van der Waals surface area contributed by atoms with Crippen LogP contribution < -0.4 is 16.8 Å². The Bertz CT molecular complexity index is 583. The number of amides is 2. The van der Waals surface area contributed by atoms with Crippen LogP contribution in [0.25, 0.3) is 0 Å². The fraction of sp³-hybridized carbons (Fsp3) is 0.588. The Kier molecular flexibility index (Phi) is 8.12. The van der Waals surface area contributed by atoms with Crippen LogP contribution in [-0.2, 0) is 11.3 Å². The topological polar surface area (TPSA) is 111 Å². The van der Waals surface area contributed by atoms with E-state index >= 15 is 0 Å². The van der Waals surface area contributed by atoms with E-state index in [0.29, 0.717) is 18.4 Å². The van der Waals surface area contributed by atoms with Gasteiger partial charge in [-0.3, -0.25) is 14.6 Å². The predicted octanol–water partition coefficient (Wildman–Crippen LogP) is 1.79. The maximum Gasteiger partial charge on any atom is 0.267 e. The summed E-state index contributed by atoms with van der Waals surface area (Å²) in [6, 6.07) is 3.62. The molecular weight excluding hydrogens is 363 g/mol. The van der Waals surface area contributed by atoms with Gasteiger partial charge in [0.05, 0.1) is 0 Å². The van der Waals surface area contributed by atoms with E-state index in [1.54, 1.807) is 18.3 Å². The number of carbonyl (C=O) groups excluding carboxylic acids is 2. The van der Waals surface area contributed by atoms with Gasteiger partial charge in [-0.15, -0.1) is 24.8 Å². The van der Waals surface area contributed by atoms with Crippen LogP contribution in [0.4, 0.5) is 0 Å². The molecule has 25 heavy (non-hydrogen) atoms. The Balaban J connectivity index is 0.00000156. The normalized spacial score (nSPS) is 27.4. The molecule has 1 aromatic heterocycles. The van der Waals surface area contributed by atoms with Crippen molar-refractivity contribution < 1.29 is 9.59 Å². The molecule has 0 spiro atoms. The van der Waals surface area contributed by atoms with Crippen LogP contribution in [0.15, 0.2) is 18.3 Å². The first-order valence-electron chi connectivity index (χ1n) is 8.32. The summed E-state index contributed by atoms with van der Waals surface area (Å²) in [7, 11) is 0. The zero-order valence-electron chi connectivity index (χ0n) is 14.0. The van der Waals surface area contributed by atoms with Crippen molar-refractivity contribution in [1.29, 1.82) is 0 Å². The van der Waals surface area contributed by atoms with E-state index in [1.807, 2.05) is 0 Å². The fourth-order valence-corrected chi connectivity index (χ4v) is 4.01. The first-order valence-corrected chi connectivity index (χ1v) is 8.32. The van der Waals surface area contributed by atoms with Crippen molar-refractivity contribution >= 4 is 36.6 Å². The molecule has 2 aliphatic rings. The number of hydrogen-bond acceptors (Lipinski definition) is 4. The second-order valence-electron chi connectivity index (χ2n) is 6.83. The predicted molar refractivity (Wildman–Crippen MR) is 101 cm³/mol. The van der Waals surface area contributed by atoms with Crippen molar-refractivity contribution in [3.63, 3.8) is 0 Å².